The van der Waals surface area contributed by atoms with Crippen molar-refractivity contribution in [3.63, 3.8) is 0 Å². The molecule has 0 bridgehead atoms. The number of nitrogens with one attached hydrogen (secondary N) is 2. The third-order valence-corrected chi connectivity index (χ3v) is 4.13. The van der Waals surface area contributed by atoms with E-state index in [9.17, 15) is 9.18 Å². The van der Waals surface area contributed by atoms with Crippen LogP contribution in [-0.2, 0) is 6.54 Å². The number of nitrogens with zero attached hydrogens (tertiary/aromatic N) is 2. The average molecular weight is 368 g/mol. The molecule has 3 N–H and O–H groups in total. The number of amides is 2. The number of aromatic amines is 1. The Labute approximate surface area is 156 Å². The zero-order valence-electron chi connectivity index (χ0n) is 14.7. The molecule has 7 heteroatoms. The molecule has 1 heterocycles. The Kier molecular flexibility index (Phi) is 6.17. The van der Waals surface area contributed by atoms with Gasteiger partial charge in [-0.3, -0.25) is 10.00 Å². The highest BCUT2D eigenvalue weighted by Crippen LogP contribution is 2.22. The molecule has 0 saturated carbocycles. The first-order valence-corrected chi connectivity index (χ1v) is 8.67. The second kappa shape index (κ2) is 8.95. The fourth-order valence-electron chi connectivity index (χ4n) is 2.74. The van der Waals surface area contributed by atoms with Gasteiger partial charge in [0, 0.05) is 37.1 Å². The summed E-state index contributed by atoms with van der Waals surface area (Å²) >= 11 is 0. The predicted octanol–water partition coefficient (Wildman–Crippen LogP) is 3.31. The maximum Gasteiger partial charge on any atom is 0.322 e. The van der Waals surface area contributed by atoms with E-state index in [1.165, 1.54) is 12.1 Å². The Morgan fingerprint density at radius 2 is 2.00 bits per heavy atom. The Morgan fingerprint density at radius 1 is 1.19 bits per heavy atom. The van der Waals surface area contributed by atoms with Crippen molar-refractivity contribution in [3.8, 4) is 11.1 Å². The molecule has 0 fully saturated rings. The summed E-state index contributed by atoms with van der Waals surface area (Å²) in [4.78, 5) is 14.2. The number of carbonyl (C=O) groups excluding carboxylic acids is 1. The minimum absolute atomic E-state index is 0.0131. The first-order valence-electron chi connectivity index (χ1n) is 8.67. The highest BCUT2D eigenvalue weighted by Gasteiger charge is 2.15. The lowest BCUT2D eigenvalue weighted by Crippen LogP contribution is -2.40. The van der Waals surface area contributed by atoms with Gasteiger partial charge in [0.1, 0.15) is 5.82 Å². The van der Waals surface area contributed by atoms with Crippen LogP contribution in [0, 0.1) is 5.82 Å². The van der Waals surface area contributed by atoms with Crippen LogP contribution in [0.15, 0.2) is 60.9 Å². The van der Waals surface area contributed by atoms with Crippen molar-refractivity contribution < 1.29 is 14.3 Å². The normalized spacial score (nSPS) is 10.6. The largest absolute Gasteiger partial charge is 0.396 e. The number of H-pyrrole nitrogens is 1. The monoisotopic (exact) mass is 368 g/mol. The molecule has 0 aliphatic rings. The molecule has 3 rings (SSSR count). The standard InChI is InChI=1S/C20H21FN4O2/c21-18-4-1-3-15(11-18)12-22-20(27)25(9-2-10-26)19-7-5-16(6-8-19)17-13-23-24-14-17/h1,3-8,11,13-14,26H,2,9-10,12H2,(H,22,27)(H,23,24). The van der Waals surface area contributed by atoms with Crippen LogP contribution < -0.4 is 10.2 Å². The van der Waals surface area contributed by atoms with Crippen LogP contribution in [0.1, 0.15) is 12.0 Å². The van der Waals surface area contributed by atoms with E-state index >= 15 is 0 Å². The number of hydrogen-bond donors (Lipinski definition) is 3. The minimum atomic E-state index is -0.339. The van der Waals surface area contributed by atoms with Crippen LogP contribution in [0.4, 0.5) is 14.9 Å². The van der Waals surface area contributed by atoms with Gasteiger partial charge in [-0.05, 0) is 41.8 Å². The van der Waals surface area contributed by atoms with E-state index in [-0.39, 0.29) is 25.0 Å². The highest BCUT2D eigenvalue weighted by atomic mass is 19.1. The molecule has 0 aliphatic carbocycles. The number of anilines is 1. The van der Waals surface area contributed by atoms with E-state index in [4.69, 9.17) is 5.11 Å². The third-order valence-electron chi connectivity index (χ3n) is 4.13. The quantitative estimate of drug-likeness (QED) is 0.598. The lowest BCUT2D eigenvalue weighted by atomic mass is 10.1. The fourth-order valence-corrected chi connectivity index (χ4v) is 2.74. The molecule has 0 radical (unpaired) electrons. The molecule has 6 nitrogen and oxygen atoms in total. The van der Waals surface area contributed by atoms with Crippen molar-refractivity contribution in [2.75, 3.05) is 18.1 Å². The summed E-state index contributed by atoms with van der Waals surface area (Å²) in [6, 6.07) is 13.3. The molecular weight excluding hydrogens is 347 g/mol. The van der Waals surface area contributed by atoms with Crippen molar-refractivity contribution in [1.29, 1.82) is 0 Å². The van der Waals surface area contributed by atoms with Crippen LogP contribution in [0.25, 0.3) is 11.1 Å². The van der Waals surface area contributed by atoms with Crippen molar-refractivity contribution >= 4 is 11.7 Å². The van der Waals surface area contributed by atoms with Gasteiger partial charge >= 0.3 is 6.03 Å². The van der Waals surface area contributed by atoms with Gasteiger partial charge in [0.2, 0.25) is 0 Å². The lowest BCUT2D eigenvalue weighted by molar-refractivity contribution is 0.244. The van der Waals surface area contributed by atoms with E-state index in [2.05, 4.69) is 15.5 Å². The maximum absolute atomic E-state index is 13.3. The van der Waals surface area contributed by atoms with E-state index < -0.39 is 0 Å². The van der Waals surface area contributed by atoms with E-state index in [1.54, 1.807) is 29.4 Å². The van der Waals surface area contributed by atoms with Gasteiger partial charge in [0.15, 0.2) is 0 Å². The van der Waals surface area contributed by atoms with Crippen LogP contribution in [0.3, 0.4) is 0 Å². The number of halogens is 1. The van der Waals surface area contributed by atoms with Crippen LogP contribution in [0.2, 0.25) is 0 Å². The molecule has 0 atom stereocenters. The first kappa shape index (κ1) is 18.6. The van der Waals surface area contributed by atoms with Crippen molar-refractivity contribution in [1.82, 2.24) is 15.5 Å². The molecule has 0 spiro atoms. The molecule has 140 valence electrons. The summed E-state index contributed by atoms with van der Waals surface area (Å²) in [5.74, 6) is -0.339. The molecule has 27 heavy (non-hydrogen) atoms. The number of benzene rings is 2. The molecule has 0 unspecified atom stereocenters. The van der Waals surface area contributed by atoms with Crippen LogP contribution in [0.5, 0.6) is 0 Å². The number of aliphatic hydroxyl groups excluding tert-OH is 1. The van der Waals surface area contributed by atoms with Gasteiger partial charge in [0.25, 0.3) is 0 Å². The second-order valence-corrected chi connectivity index (χ2v) is 6.05. The summed E-state index contributed by atoms with van der Waals surface area (Å²) in [7, 11) is 0. The van der Waals surface area contributed by atoms with Crippen molar-refractivity contribution in [3.05, 3.63) is 72.3 Å². The van der Waals surface area contributed by atoms with Crippen LogP contribution >= 0.6 is 0 Å². The van der Waals surface area contributed by atoms with Gasteiger partial charge < -0.3 is 10.4 Å². The molecule has 2 amide bonds. The Hall–Kier alpha value is -3.19. The molecule has 0 saturated heterocycles. The number of aliphatic hydroxyl groups is 1. The summed E-state index contributed by atoms with van der Waals surface area (Å²) < 4.78 is 13.3. The molecule has 0 aliphatic heterocycles. The number of urea groups is 1. The smallest absolute Gasteiger partial charge is 0.322 e. The minimum Gasteiger partial charge on any atom is -0.396 e. The van der Waals surface area contributed by atoms with Gasteiger partial charge in [-0.15, -0.1) is 0 Å². The van der Waals surface area contributed by atoms with Crippen molar-refractivity contribution in [2.45, 2.75) is 13.0 Å². The SMILES string of the molecule is O=C(NCc1cccc(F)c1)N(CCCO)c1ccc(-c2cn[nH]c2)cc1. The van der Waals surface area contributed by atoms with Crippen LogP contribution in [-0.4, -0.2) is 34.5 Å². The third kappa shape index (κ3) is 4.92. The first-order chi connectivity index (χ1) is 13.2. The van der Waals surface area contributed by atoms with Gasteiger partial charge in [-0.1, -0.05) is 24.3 Å². The van der Waals surface area contributed by atoms with E-state index in [0.29, 0.717) is 24.2 Å². The maximum atomic E-state index is 13.3. The number of aromatic nitrogens is 2. The van der Waals surface area contributed by atoms with Gasteiger partial charge in [-0.25, -0.2) is 9.18 Å². The number of hydrogen-bond acceptors (Lipinski definition) is 3. The van der Waals surface area contributed by atoms with Crippen molar-refractivity contribution in [2.24, 2.45) is 0 Å². The average Bonchev–Trinajstić information content (AvgIpc) is 3.22. The van der Waals surface area contributed by atoms with Gasteiger partial charge in [-0.2, -0.15) is 5.10 Å². The predicted molar refractivity (Wildman–Crippen MR) is 102 cm³/mol. The van der Waals surface area contributed by atoms with E-state index in [0.717, 1.165) is 11.1 Å². The highest BCUT2D eigenvalue weighted by molar-refractivity contribution is 5.92. The summed E-state index contributed by atoms with van der Waals surface area (Å²) in [5, 5.41) is 18.6. The number of carbonyl (C=O) groups is 1. The zero-order valence-corrected chi connectivity index (χ0v) is 14.7. The Bertz CT molecular complexity index is 866. The number of rotatable bonds is 7. The fraction of sp³-hybridized carbons (Fsp3) is 0.200. The lowest BCUT2D eigenvalue weighted by Gasteiger charge is -2.23. The zero-order chi connectivity index (χ0) is 19.1. The molecule has 3 aromatic rings. The molecule has 2 aromatic carbocycles. The summed E-state index contributed by atoms with van der Waals surface area (Å²) in [6.07, 6.45) is 3.98. The van der Waals surface area contributed by atoms with E-state index in [1.807, 2.05) is 24.3 Å². The molecular formula is C20H21FN4O2. The second-order valence-electron chi connectivity index (χ2n) is 6.05. The topological polar surface area (TPSA) is 81.2 Å². The summed E-state index contributed by atoms with van der Waals surface area (Å²) in [5.41, 5.74) is 3.34. The Balaban J connectivity index is 1.71. The summed E-state index contributed by atoms with van der Waals surface area (Å²) in [6.45, 7) is 0.580. The van der Waals surface area contributed by atoms with Gasteiger partial charge in [0.05, 0.1) is 6.20 Å². The Morgan fingerprint density at radius 3 is 2.67 bits per heavy atom. The molecule has 1 aromatic heterocycles.